The van der Waals surface area contributed by atoms with Crippen LogP contribution in [0.2, 0.25) is 0 Å². The maximum Gasteiger partial charge on any atom is 0.461 e. The number of carbonyl (C=O) groups excluding carboxylic acids is 2. The minimum atomic E-state index is -4.61. The first-order valence-corrected chi connectivity index (χ1v) is 11.2. The standard InChI is InChI=1S/C18H21F4N3O6S/c1-24-14(15(26)23-17(24)27)10-32(28,29)25-8-6-12(7-9-25)30-11-2-4-13(5-3-11)31-18(21,22)16(19)20/h2-5,12,14,16H,6-10H2,1H3,(H,23,26,27)/t14-/m1/s1. The number of likely N-dealkylation sites (N-methyl/N-ethyl adjacent to an activating group) is 1. The van der Waals surface area contributed by atoms with Crippen LogP contribution >= 0.6 is 0 Å². The van der Waals surface area contributed by atoms with Gasteiger partial charge < -0.3 is 14.4 Å². The van der Waals surface area contributed by atoms with E-state index in [2.05, 4.69) is 10.1 Å². The minimum absolute atomic E-state index is 0.126. The Hall–Kier alpha value is -2.61. The summed E-state index contributed by atoms with van der Waals surface area (Å²) < 4.78 is 86.4. The Morgan fingerprint density at radius 3 is 2.19 bits per heavy atom. The van der Waals surface area contributed by atoms with Crippen molar-refractivity contribution >= 4 is 22.0 Å². The molecule has 178 valence electrons. The van der Waals surface area contributed by atoms with Gasteiger partial charge in [-0.25, -0.2) is 17.5 Å². The lowest BCUT2D eigenvalue weighted by Gasteiger charge is -2.32. The summed E-state index contributed by atoms with van der Waals surface area (Å²) in [5.41, 5.74) is 0. The molecular weight excluding hydrogens is 462 g/mol. The van der Waals surface area contributed by atoms with E-state index in [1.165, 1.54) is 23.5 Å². The van der Waals surface area contributed by atoms with Crippen LogP contribution in [0.25, 0.3) is 0 Å². The van der Waals surface area contributed by atoms with Crippen LogP contribution in [-0.4, -0.2) is 80.1 Å². The SMILES string of the molecule is CN1C(=O)NC(=O)[C@H]1CS(=O)(=O)N1CCC(Oc2ccc(OC(F)(F)C(F)F)cc2)CC1. The fourth-order valence-corrected chi connectivity index (χ4v) is 5.05. The van der Waals surface area contributed by atoms with Crippen molar-refractivity contribution in [1.82, 2.24) is 14.5 Å². The molecule has 0 aliphatic carbocycles. The molecule has 0 radical (unpaired) electrons. The first-order valence-electron chi connectivity index (χ1n) is 9.56. The van der Waals surface area contributed by atoms with Crippen LogP contribution in [0.5, 0.6) is 11.5 Å². The fourth-order valence-electron chi connectivity index (χ4n) is 3.30. The maximum atomic E-state index is 12.9. The van der Waals surface area contributed by atoms with Gasteiger partial charge in [-0.1, -0.05) is 0 Å². The normalized spacial score (nSPS) is 21.2. The molecule has 1 N–H and O–H groups in total. The number of nitrogens with zero attached hydrogens (tertiary/aromatic N) is 2. The highest BCUT2D eigenvalue weighted by Crippen LogP contribution is 2.29. The van der Waals surface area contributed by atoms with Gasteiger partial charge in [-0.3, -0.25) is 10.1 Å². The van der Waals surface area contributed by atoms with E-state index in [4.69, 9.17) is 4.74 Å². The van der Waals surface area contributed by atoms with Crippen molar-refractivity contribution < 1.29 is 45.0 Å². The van der Waals surface area contributed by atoms with Crippen molar-refractivity contribution in [1.29, 1.82) is 0 Å². The van der Waals surface area contributed by atoms with Gasteiger partial charge >= 0.3 is 18.6 Å². The molecular formula is C18H21F4N3O6S. The van der Waals surface area contributed by atoms with Crippen LogP contribution in [-0.2, 0) is 14.8 Å². The zero-order valence-electron chi connectivity index (χ0n) is 16.8. The molecule has 0 aromatic heterocycles. The number of hydrogen-bond acceptors (Lipinski definition) is 6. The Kier molecular flexibility index (Phi) is 6.83. The highest BCUT2D eigenvalue weighted by molar-refractivity contribution is 7.89. The van der Waals surface area contributed by atoms with Crippen molar-refractivity contribution in [3.63, 3.8) is 0 Å². The molecule has 9 nitrogen and oxygen atoms in total. The van der Waals surface area contributed by atoms with Crippen LogP contribution in [0.15, 0.2) is 24.3 Å². The molecule has 2 heterocycles. The largest absolute Gasteiger partial charge is 0.490 e. The summed E-state index contributed by atoms with van der Waals surface area (Å²) in [6, 6.07) is 2.94. The Morgan fingerprint density at radius 2 is 1.69 bits per heavy atom. The fraction of sp³-hybridized carbons (Fsp3) is 0.556. The number of urea groups is 1. The third kappa shape index (κ3) is 5.41. The van der Waals surface area contributed by atoms with E-state index in [1.807, 2.05) is 0 Å². The van der Waals surface area contributed by atoms with Gasteiger partial charge in [0.2, 0.25) is 10.0 Å². The predicted octanol–water partition coefficient (Wildman–Crippen LogP) is 1.65. The third-order valence-corrected chi connectivity index (χ3v) is 7.01. The lowest BCUT2D eigenvalue weighted by molar-refractivity contribution is -0.253. The molecule has 14 heteroatoms. The molecule has 0 saturated carbocycles. The second-order valence-corrected chi connectivity index (χ2v) is 9.37. The number of ether oxygens (including phenoxy) is 2. The lowest BCUT2D eigenvalue weighted by atomic mass is 10.1. The van der Waals surface area contributed by atoms with Crippen molar-refractivity contribution in [3.05, 3.63) is 24.3 Å². The van der Waals surface area contributed by atoms with Crippen LogP contribution in [0.3, 0.4) is 0 Å². The summed E-state index contributed by atoms with van der Waals surface area (Å²) in [7, 11) is -2.47. The average Bonchev–Trinajstić information content (AvgIpc) is 2.95. The van der Waals surface area contributed by atoms with Gasteiger partial charge in [-0.15, -0.1) is 0 Å². The van der Waals surface area contributed by atoms with Gasteiger partial charge in [0.05, 0.1) is 5.75 Å². The van der Waals surface area contributed by atoms with Gasteiger partial charge in [-0.2, -0.15) is 17.6 Å². The van der Waals surface area contributed by atoms with E-state index in [0.29, 0.717) is 12.8 Å². The number of carbonyl (C=O) groups is 2. The summed E-state index contributed by atoms with van der Waals surface area (Å²) in [5, 5.41) is 2.06. The Bertz CT molecular complexity index is 952. The number of nitrogens with one attached hydrogen (secondary N) is 1. The quantitative estimate of drug-likeness (QED) is 0.445. The van der Waals surface area contributed by atoms with Crippen LogP contribution in [0, 0.1) is 0 Å². The first kappa shape index (κ1) is 24.0. The number of benzene rings is 1. The number of piperidine rings is 1. The van der Waals surface area contributed by atoms with Crippen molar-refractivity contribution in [2.45, 2.75) is 37.5 Å². The van der Waals surface area contributed by atoms with E-state index in [-0.39, 0.29) is 24.9 Å². The summed E-state index contributed by atoms with van der Waals surface area (Å²) in [6.45, 7) is 0.252. The number of amides is 3. The molecule has 2 saturated heterocycles. The number of halogens is 4. The lowest BCUT2D eigenvalue weighted by Crippen LogP contribution is -2.47. The average molecular weight is 483 g/mol. The van der Waals surface area contributed by atoms with Crippen molar-refractivity contribution in [2.75, 3.05) is 25.9 Å². The molecule has 0 spiro atoms. The molecule has 1 atom stereocenters. The molecule has 1 aromatic rings. The predicted molar refractivity (Wildman–Crippen MR) is 102 cm³/mol. The number of rotatable bonds is 8. The van der Waals surface area contributed by atoms with Crippen molar-refractivity contribution in [2.24, 2.45) is 0 Å². The molecule has 0 unspecified atom stereocenters. The van der Waals surface area contributed by atoms with E-state index in [0.717, 1.165) is 17.0 Å². The topological polar surface area (TPSA) is 105 Å². The summed E-state index contributed by atoms with van der Waals surface area (Å²) >= 11 is 0. The zero-order valence-corrected chi connectivity index (χ0v) is 17.7. The van der Waals surface area contributed by atoms with Gasteiger partial charge in [0.25, 0.3) is 5.91 Å². The second kappa shape index (κ2) is 9.10. The highest BCUT2D eigenvalue weighted by atomic mass is 32.2. The van der Waals surface area contributed by atoms with Crippen LogP contribution < -0.4 is 14.8 Å². The molecule has 3 rings (SSSR count). The van der Waals surface area contributed by atoms with Crippen molar-refractivity contribution in [3.8, 4) is 11.5 Å². The maximum absolute atomic E-state index is 12.9. The molecule has 2 aliphatic heterocycles. The smallest absolute Gasteiger partial charge is 0.461 e. The molecule has 3 amide bonds. The molecule has 2 fully saturated rings. The first-order chi connectivity index (χ1) is 14.9. The number of hydrogen-bond donors (Lipinski definition) is 1. The van der Waals surface area contributed by atoms with E-state index in [1.54, 1.807) is 0 Å². The highest BCUT2D eigenvalue weighted by Gasteiger charge is 2.44. The number of alkyl halides is 4. The molecule has 2 aliphatic rings. The Balaban J connectivity index is 1.51. The van der Waals surface area contributed by atoms with Crippen LogP contribution in [0.1, 0.15) is 12.8 Å². The molecule has 0 bridgehead atoms. The third-order valence-electron chi connectivity index (χ3n) is 5.12. The zero-order chi connectivity index (χ0) is 23.7. The second-order valence-electron chi connectivity index (χ2n) is 7.35. The Labute approximate surface area is 181 Å². The van der Waals surface area contributed by atoms with E-state index < -0.39 is 52.0 Å². The number of imide groups is 1. The summed E-state index contributed by atoms with van der Waals surface area (Å²) in [5.74, 6) is -1.38. The monoisotopic (exact) mass is 483 g/mol. The van der Waals surface area contributed by atoms with Gasteiger partial charge in [-0.05, 0) is 37.1 Å². The summed E-state index contributed by atoms with van der Waals surface area (Å²) in [6.07, 6.45) is -8.29. The van der Waals surface area contributed by atoms with E-state index in [9.17, 15) is 35.6 Å². The molecule has 1 aromatic carbocycles. The van der Waals surface area contributed by atoms with Crippen LogP contribution in [0.4, 0.5) is 22.4 Å². The van der Waals surface area contributed by atoms with Gasteiger partial charge in [0.1, 0.15) is 23.6 Å². The van der Waals surface area contributed by atoms with E-state index >= 15 is 0 Å². The number of sulfonamides is 1. The minimum Gasteiger partial charge on any atom is -0.490 e. The Morgan fingerprint density at radius 1 is 1.12 bits per heavy atom. The molecule has 32 heavy (non-hydrogen) atoms. The van der Waals surface area contributed by atoms with Gasteiger partial charge in [0.15, 0.2) is 0 Å². The van der Waals surface area contributed by atoms with Gasteiger partial charge in [0, 0.05) is 20.1 Å². The summed E-state index contributed by atoms with van der Waals surface area (Å²) in [4.78, 5) is 24.3.